The molecule has 0 heterocycles. The van der Waals surface area contributed by atoms with Crippen LogP contribution < -0.4 is 11.5 Å². The molecule has 1 rings (SSSR count). The molecule has 1 aromatic rings. The number of hydrogen-bond acceptors (Lipinski definition) is 3. The highest BCUT2D eigenvalue weighted by Crippen LogP contribution is 2.07. The van der Waals surface area contributed by atoms with Crippen LogP contribution in [0, 0.1) is 0 Å². The third-order valence-corrected chi connectivity index (χ3v) is 3.11. The van der Waals surface area contributed by atoms with Crippen molar-refractivity contribution in [1.29, 1.82) is 0 Å². The summed E-state index contributed by atoms with van der Waals surface area (Å²) in [7, 11) is 0. The van der Waals surface area contributed by atoms with Crippen LogP contribution in [0.25, 0.3) is 0 Å². The van der Waals surface area contributed by atoms with Gasteiger partial charge in [-0.1, -0.05) is 30.3 Å². The molecule has 0 fully saturated rings. The smallest absolute Gasteiger partial charge is 0.0233 e. The summed E-state index contributed by atoms with van der Waals surface area (Å²) in [6.07, 6.45) is 4.60. The van der Waals surface area contributed by atoms with E-state index in [1.807, 2.05) is 0 Å². The summed E-state index contributed by atoms with van der Waals surface area (Å²) in [6, 6.07) is 10.7. The van der Waals surface area contributed by atoms with E-state index in [4.69, 9.17) is 11.5 Å². The number of nitrogens with zero attached hydrogens (tertiary/aromatic N) is 1. The molecular weight excluding hydrogens is 222 g/mol. The van der Waals surface area contributed by atoms with Crippen molar-refractivity contribution in [2.45, 2.75) is 32.2 Å². The number of unbranched alkanes of at least 4 members (excludes halogenated alkanes) is 2. The lowest BCUT2D eigenvalue weighted by molar-refractivity contribution is 0.255. The highest BCUT2D eigenvalue weighted by Gasteiger charge is 2.05. The standard InChI is InChI=1S/C15H27N3/c16-10-4-6-12-18(13-7-5-11-17)14-15-8-2-1-3-9-15/h1-3,8-9H,4-7,10-14,16-17H2. The van der Waals surface area contributed by atoms with Gasteiger partial charge in [-0.15, -0.1) is 0 Å². The van der Waals surface area contributed by atoms with Crippen molar-refractivity contribution < 1.29 is 0 Å². The van der Waals surface area contributed by atoms with Crippen LogP contribution in [-0.4, -0.2) is 31.1 Å². The fraction of sp³-hybridized carbons (Fsp3) is 0.600. The number of hydrogen-bond donors (Lipinski definition) is 2. The second-order valence-corrected chi connectivity index (χ2v) is 4.75. The zero-order valence-electron chi connectivity index (χ0n) is 11.4. The summed E-state index contributed by atoms with van der Waals surface area (Å²) < 4.78 is 0. The van der Waals surface area contributed by atoms with Gasteiger partial charge in [-0.05, 0) is 57.4 Å². The first kappa shape index (κ1) is 15.2. The van der Waals surface area contributed by atoms with Gasteiger partial charge in [0.05, 0.1) is 0 Å². The monoisotopic (exact) mass is 249 g/mol. The van der Waals surface area contributed by atoms with Crippen LogP contribution in [0.15, 0.2) is 30.3 Å². The van der Waals surface area contributed by atoms with E-state index in [-0.39, 0.29) is 0 Å². The Morgan fingerprint density at radius 3 is 1.83 bits per heavy atom. The van der Waals surface area contributed by atoms with Crippen molar-refractivity contribution in [3.05, 3.63) is 35.9 Å². The minimum absolute atomic E-state index is 0.794. The van der Waals surface area contributed by atoms with Gasteiger partial charge < -0.3 is 11.5 Å². The maximum atomic E-state index is 5.55. The molecule has 0 aromatic heterocycles. The van der Waals surface area contributed by atoms with E-state index in [1.54, 1.807) is 0 Å². The first-order valence-corrected chi connectivity index (χ1v) is 7.03. The van der Waals surface area contributed by atoms with Crippen LogP contribution in [0.2, 0.25) is 0 Å². The summed E-state index contributed by atoms with van der Waals surface area (Å²) in [5.74, 6) is 0. The van der Waals surface area contributed by atoms with E-state index >= 15 is 0 Å². The Morgan fingerprint density at radius 1 is 0.778 bits per heavy atom. The highest BCUT2D eigenvalue weighted by atomic mass is 15.1. The van der Waals surface area contributed by atoms with E-state index < -0.39 is 0 Å². The highest BCUT2D eigenvalue weighted by molar-refractivity contribution is 5.14. The third-order valence-electron chi connectivity index (χ3n) is 3.11. The molecule has 18 heavy (non-hydrogen) atoms. The largest absolute Gasteiger partial charge is 0.330 e. The molecule has 0 spiro atoms. The van der Waals surface area contributed by atoms with Crippen molar-refractivity contribution in [1.82, 2.24) is 4.90 Å². The molecule has 0 atom stereocenters. The van der Waals surface area contributed by atoms with Crippen LogP contribution in [-0.2, 0) is 6.54 Å². The van der Waals surface area contributed by atoms with Crippen LogP contribution in [0.1, 0.15) is 31.2 Å². The first-order valence-electron chi connectivity index (χ1n) is 7.03. The molecule has 3 heteroatoms. The van der Waals surface area contributed by atoms with Crippen molar-refractivity contribution in [2.75, 3.05) is 26.2 Å². The topological polar surface area (TPSA) is 55.3 Å². The van der Waals surface area contributed by atoms with Gasteiger partial charge >= 0.3 is 0 Å². The molecule has 0 radical (unpaired) electrons. The average Bonchev–Trinajstić information content (AvgIpc) is 2.40. The fourth-order valence-electron chi connectivity index (χ4n) is 2.07. The zero-order chi connectivity index (χ0) is 13.1. The summed E-state index contributed by atoms with van der Waals surface area (Å²) in [6.45, 7) is 4.90. The molecule has 1 aromatic carbocycles. The van der Waals surface area contributed by atoms with E-state index in [9.17, 15) is 0 Å². The molecule has 0 unspecified atom stereocenters. The Kier molecular flexibility index (Phi) is 8.47. The lowest BCUT2D eigenvalue weighted by atomic mass is 10.2. The van der Waals surface area contributed by atoms with Crippen molar-refractivity contribution in [3.8, 4) is 0 Å². The lowest BCUT2D eigenvalue weighted by Gasteiger charge is -2.22. The van der Waals surface area contributed by atoms with Gasteiger partial charge in [-0.25, -0.2) is 0 Å². The molecule has 0 bridgehead atoms. The maximum absolute atomic E-state index is 5.55. The minimum atomic E-state index is 0.794. The summed E-state index contributed by atoms with van der Waals surface area (Å²) in [5, 5.41) is 0. The quantitative estimate of drug-likeness (QED) is 0.623. The lowest BCUT2D eigenvalue weighted by Crippen LogP contribution is -2.26. The normalized spacial score (nSPS) is 11.1. The molecule has 4 N–H and O–H groups in total. The third kappa shape index (κ3) is 6.74. The maximum Gasteiger partial charge on any atom is 0.0233 e. The number of benzene rings is 1. The van der Waals surface area contributed by atoms with Gasteiger partial charge in [0.25, 0.3) is 0 Å². The fourth-order valence-corrected chi connectivity index (χ4v) is 2.07. The molecule has 0 aliphatic carbocycles. The van der Waals surface area contributed by atoms with Gasteiger partial charge in [-0.2, -0.15) is 0 Å². The zero-order valence-corrected chi connectivity index (χ0v) is 11.4. The molecule has 3 nitrogen and oxygen atoms in total. The summed E-state index contributed by atoms with van der Waals surface area (Å²) >= 11 is 0. The first-order chi connectivity index (χ1) is 8.86. The van der Waals surface area contributed by atoms with E-state index in [0.29, 0.717) is 0 Å². The predicted octanol–water partition coefficient (Wildman–Crippen LogP) is 1.97. The van der Waals surface area contributed by atoms with Gasteiger partial charge in [0.1, 0.15) is 0 Å². The SMILES string of the molecule is NCCCCN(CCCCN)Cc1ccccc1. The van der Waals surface area contributed by atoms with Gasteiger partial charge in [0.2, 0.25) is 0 Å². The van der Waals surface area contributed by atoms with E-state index in [0.717, 1.165) is 45.6 Å². The van der Waals surface area contributed by atoms with E-state index in [2.05, 4.69) is 35.2 Å². The Balaban J connectivity index is 2.37. The van der Waals surface area contributed by atoms with Gasteiger partial charge in [0.15, 0.2) is 0 Å². The Morgan fingerprint density at radius 2 is 1.33 bits per heavy atom. The molecule has 0 amide bonds. The summed E-state index contributed by atoms with van der Waals surface area (Å²) in [5.41, 5.74) is 12.5. The molecule has 0 aliphatic rings. The molecule has 0 aliphatic heterocycles. The van der Waals surface area contributed by atoms with Gasteiger partial charge in [-0.3, -0.25) is 4.90 Å². The van der Waals surface area contributed by atoms with Crippen molar-refractivity contribution in [3.63, 3.8) is 0 Å². The van der Waals surface area contributed by atoms with Crippen LogP contribution in [0.5, 0.6) is 0 Å². The van der Waals surface area contributed by atoms with Crippen molar-refractivity contribution >= 4 is 0 Å². The Labute approximate surface area is 111 Å². The Hall–Kier alpha value is -0.900. The minimum Gasteiger partial charge on any atom is -0.330 e. The summed E-state index contributed by atoms with van der Waals surface area (Å²) in [4.78, 5) is 2.51. The van der Waals surface area contributed by atoms with Crippen LogP contribution in [0.4, 0.5) is 0 Å². The molecular formula is C15H27N3. The van der Waals surface area contributed by atoms with Crippen LogP contribution >= 0.6 is 0 Å². The number of rotatable bonds is 10. The number of nitrogens with two attached hydrogens (primary N) is 2. The second-order valence-electron chi connectivity index (χ2n) is 4.75. The van der Waals surface area contributed by atoms with Crippen molar-refractivity contribution in [2.24, 2.45) is 11.5 Å². The Bertz CT molecular complexity index is 277. The van der Waals surface area contributed by atoms with E-state index in [1.165, 1.54) is 18.4 Å². The molecule has 102 valence electrons. The second kappa shape index (κ2) is 10.1. The predicted molar refractivity (Wildman–Crippen MR) is 78.3 cm³/mol. The van der Waals surface area contributed by atoms with Gasteiger partial charge in [0, 0.05) is 6.54 Å². The average molecular weight is 249 g/mol. The molecule has 0 saturated carbocycles. The molecule has 0 saturated heterocycles. The van der Waals surface area contributed by atoms with Crippen LogP contribution in [0.3, 0.4) is 0 Å².